The standard InChI is InChI=1S/C16H18F2N4O2/c17-10-2-1-3-11(18)14(10)13(7-23)20-16(24)15-9-5-4-8(19)6-12(9)21-22-15/h1-3,8,13,23H,4-7,19H2,(H,20,24)(H,21,22). The van der Waals surface area contributed by atoms with Crippen molar-refractivity contribution >= 4 is 5.91 Å². The highest BCUT2D eigenvalue weighted by Gasteiger charge is 2.27. The first-order valence-electron chi connectivity index (χ1n) is 7.68. The van der Waals surface area contributed by atoms with E-state index in [-0.39, 0.29) is 17.3 Å². The number of nitrogens with zero attached hydrogens (tertiary/aromatic N) is 1. The topological polar surface area (TPSA) is 104 Å². The molecule has 1 amide bonds. The van der Waals surface area contributed by atoms with Crippen molar-refractivity contribution < 1.29 is 18.7 Å². The predicted octanol–water partition coefficient (Wildman–Crippen LogP) is 0.967. The van der Waals surface area contributed by atoms with E-state index < -0.39 is 30.2 Å². The number of aliphatic hydroxyl groups is 1. The zero-order chi connectivity index (χ0) is 17.3. The molecule has 8 heteroatoms. The first kappa shape index (κ1) is 16.5. The Hall–Kier alpha value is -2.32. The number of carbonyl (C=O) groups excluding carboxylic acids is 1. The minimum atomic E-state index is -1.20. The Morgan fingerprint density at radius 3 is 2.83 bits per heavy atom. The Bertz CT molecular complexity index is 742. The van der Waals surface area contributed by atoms with Crippen LogP contribution in [0.4, 0.5) is 8.78 Å². The van der Waals surface area contributed by atoms with Crippen molar-refractivity contribution in [2.75, 3.05) is 6.61 Å². The van der Waals surface area contributed by atoms with Gasteiger partial charge in [0.25, 0.3) is 5.91 Å². The number of carbonyl (C=O) groups is 1. The number of H-pyrrole nitrogens is 1. The van der Waals surface area contributed by atoms with Crippen molar-refractivity contribution in [3.05, 3.63) is 52.3 Å². The van der Waals surface area contributed by atoms with Gasteiger partial charge >= 0.3 is 0 Å². The number of aromatic nitrogens is 2. The van der Waals surface area contributed by atoms with Crippen LogP contribution in [0.25, 0.3) is 0 Å². The molecule has 0 aliphatic heterocycles. The number of nitrogens with two attached hydrogens (primary N) is 1. The molecule has 2 atom stereocenters. The third-order valence-electron chi connectivity index (χ3n) is 4.24. The Morgan fingerprint density at radius 1 is 1.46 bits per heavy atom. The lowest BCUT2D eigenvalue weighted by Gasteiger charge is -2.20. The van der Waals surface area contributed by atoms with Gasteiger partial charge in [-0.15, -0.1) is 0 Å². The van der Waals surface area contributed by atoms with Gasteiger partial charge in [0, 0.05) is 29.3 Å². The number of amides is 1. The molecular weight excluding hydrogens is 318 g/mol. The molecule has 6 nitrogen and oxygen atoms in total. The summed E-state index contributed by atoms with van der Waals surface area (Å²) in [5, 5.41) is 18.7. The van der Waals surface area contributed by atoms with Gasteiger partial charge in [0.05, 0.1) is 12.6 Å². The molecule has 24 heavy (non-hydrogen) atoms. The maximum atomic E-state index is 13.9. The van der Waals surface area contributed by atoms with Crippen LogP contribution in [0.1, 0.15) is 39.8 Å². The molecule has 3 rings (SSSR count). The maximum absolute atomic E-state index is 13.9. The van der Waals surface area contributed by atoms with Crippen molar-refractivity contribution in [2.24, 2.45) is 5.73 Å². The molecule has 1 aromatic carbocycles. The molecule has 1 aliphatic rings. The van der Waals surface area contributed by atoms with E-state index in [1.165, 1.54) is 6.07 Å². The molecule has 0 spiro atoms. The molecule has 1 heterocycles. The second kappa shape index (κ2) is 6.66. The van der Waals surface area contributed by atoms with Gasteiger partial charge in [0.15, 0.2) is 5.69 Å². The van der Waals surface area contributed by atoms with Crippen LogP contribution in [-0.4, -0.2) is 33.9 Å². The lowest BCUT2D eigenvalue weighted by molar-refractivity contribution is 0.0907. The first-order valence-corrected chi connectivity index (χ1v) is 7.68. The number of hydrogen-bond acceptors (Lipinski definition) is 4. The molecule has 128 valence electrons. The average molecular weight is 336 g/mol. The van der Waals surface area contributed by atoms with E-state index >= 15 is 0 Å². The summed E-state index contributed by atoms with van der Waals surface area (Å²) >= 11 is 0. The molecule has 0 fully saturated rings. The molecule has 5 N–H and O–H groups in total. The number of benzene rings is 1. The highest BCUT2D eigenvalue weighted by Crippen LogP contribution is 2.24. The van der Waals surface area contributed by atoms with Gasteiger partial charge in [0.2, 0.25) is 0 Å². The zero-order valence-electron chi connectivity index (χ0n) is 12.9. The average Bonchev–Trinajstić information content (AvgIpc) is 2.96. The van der Waals surface area contributed by atoms with Crippen LogP contribution in [0.5, 0.6) is 0 Å². The summed E-state index contributed by atoms with van der Waals surface area (Å²) in [6, 6.07) is 2.19. The highest BCUT2D eigenvalue weighted by molar-refractivity contribution is 5.94. The SMILES string of the molecule is NC1CCc2c(C(=O)NC(CO)c3c(F)cccc3F)n[nH]c2C1. The normalized spacial score (nSPS) is 18.1. The molecule has 0 saturated carbocycles. The molecular formula is C16H18F2N4O2. The monoisotopic (exact) mass is 336 g/mol. The summed E-state index contributed by atoms with van der Waals surface area (Å²) < 4.78 is 27.7. The lowest BCUT2D eigenvalue weighted by atomic mass is 9.92. The lowest BCUT2D eigenvalue weighted by Crippen LogP contribution is -2.33. The van der Waals surface area contributed by atoms with Crippen molar-refractivity contribution in [1.29, 1.82) is 0 Å². The molecule has 1 aliphatic carbocycles. The van der Waals surface area contributed by atoms with Gasteiger partial charge in [0.1, 0.15) is 11.6 Å². The van der Waals surface area contributed by atoms with Crippen molar-refractivity contribution in [1.82, 2.24) is 15.5 Å². The van der Waals surface area contributed by atoms with E-state index in [4.69, 9.17) is 5.73 Å². The zero-order valence-corrected chi connectivity index (χ0v) is 12.9. The highest BCUT2D eigenvalue weighted by atomic mass is 19.1. The Labute approximate surface area is 137 Å². The van der Waals surface area contributed by atoms with Crippen molar-refractivity contribution in [2.45, 2.75) is 31.3 Å². The number of fused-ring (bicyclic) bond motifs is 1. The van der Waals surface area contributed by atoms with Crippen LogP contribution in [0.2, 0.25) is 0 Å². The molecule has 0 bridgehead atoms. The minimum Gasteiger partial charge on any atom is -0.394 e. The van der Waals surface area contributed by atoms with E-state index in [1.807, 2.05) is 0 Å². The Kier molecular flexibility index (Phi) is 4.59. The quantitative estimate of drug-likeness (QED) is 0.668. The van der Waals surface area contributed by atoms with Crippen LogP contribution in [0, 0.1) is 11.6 Å². The fraction of sp³-hybridized carbons (Fsp3) is 0.375. The second-order valence-corrected chi connectivity index (χ2v) is 5.88. The van der Waals surface area contributed by atoms with Crippen molar-refractivity contribution in [3.8, 4) is 0 Å². The number of aromatic amines is 1. The summed E-state index contributed by atoms with van der Waals surface area (Å²) in [7, 11) is 0. The molecule has 0 radical (unpaired) electrons. The van der Waals surface area contributed by atoms with Gasteiger partial charge in [-0.05, 0) is 25.0 Å². The fourth-order valence-electron chi connectivity index (χ4n) is 3.00. The maximum Gasteiger partial charge on any atom is 0.272 e. The minimum absolute atomic E-state index is 0.0200. The van der Waals surface area contributed by atoms with Crippen LogP contribution >= 0.6 is 0 Å². The van der Waals surface area contributed by atoms with Gasteiger partial charge in [-0.1, -0.05) is 6.07 Å². The van der Waals surface area contributed by atoms with E-state index in [0.29, 0.717) is 12.8 Å². The molecule has 1 aromatic heterocycles. The number of rotatable bonds is 4. The third kappa shape index (κ3) is 3.02. The van der Waals surface area contributed by atoms with E-state index in [1.54, 1.807) is 0 Å². The van der Waals surface area contributed by atoms with Crippen LogP contribution < -0.4 is 11.1 Å². The van der Waals surface area contributed by atoms with E-state index in [2.05, 4.69) is 15.5 Å². The van der Waals surface area contributed by atoms with Gasteiger partial charge in [-0.2, -0.15) is 5.10 Å². The van der Waals surface area contributed by atoms with Crippen LogP contribution in [-0.2, 0) is 12.8 Å². The smallest absolute Gasteiger partial charge is 0.272 e. The molecule has 2 aromatic rings. The second-order valence-electron chi connectivity index (χ2n) is 5.88. The molecule has 0 saturated heterocycles. The first-order chi connectivity index (χ1) is 11.5. The Balaban J connectivity index is 1.84. The van der Waals surface area contributed by atoms with Gasteiger partial charge < -0.3 is 16.2 Å². The summed E-state index contributed by atoms with van der Waals surface area (Å²) in [6.07, 6.45) is 1.94. The largest absolute Gasteiger partial charge is 0.394 e. The van der Waals surface area contributed by atoms with Gasteiger partial charge in [-0.3, -0.25) is 9.89 Å². The van der Waals surface area contributed by atoms with E-state index in [9.17, 15) is 18.7 Å². The summed E-state index contributed by atoms with van der Waals surface area (Å²) in [5.74, 6) is -2.25. The van der Waals surface area contributed by atoms with E-state index in [0.717, 1.165) is 29.8 Å². The van der Waals surface area contributed by atoms with Gasteiger partial charge in [-0.25, -0.2) is 8.78 Å². The van der Waals surface area contributed by atoms with Crippen molar-refractivity contribution in [3.63, 3.8) is 0 Å². The summed E-state index contributed by atoms with van der Waals surface area (Å²) in [4.78, 5) is 12.4. The number of hydrogen-bond donors (Lipinski definition) is 4. The number of nitrogens with one attached hydrogen (secondary N) is 2. The Morgan fingerprint density at radius 2 is 2.17 bits per heavy atom. The summed E-state index contributed by atoms with van der Waals surface area (Å²) in [5.41, 5.74) is 7.25. The van der Waals surface area contributed by atoms with Crippen LogP contribution in [0.3, 0.4) is 0 Å². The number of halogens is 2. The summed E-state index contributed by atoms with van der Waals surface area (Å²) in [6.45, 7) is -0.638. The third-order valence-corrected chi connectivity index (χ3v) is 4.24. The van der Waals surface area contributed by atoms with Crippen LogP contribution in [0.15, 0.2) is 18.2 Å². The predicted molar refractivity (Wildman–Crippen MR) is 82.2 cm³/mol. The fourth-order valence-corrected chi connectivity index (χ4v) is 3.00. The number of aliphatic hydroxyl groups excluding tert-OH is 1. The molecule has 2 unspecified atom stereocenters.